The Balaban J connectivity index is 2.27. The maximum absolute atomic E-state index is 12.1. The van der Waals surface area contributed by atoms with Gasteiger partial charge in [0.15, 0.2) is 0 Å². The summed E-state index contributed by atoms with van der Waals surface area (Å²) >= 11 is 0. The van der Waals surface area contributed by atoms with E-state index in [-0.39, 0.29) is 0 Å². The van der Waals surface area contributed by atoms with Gasteiger partial charge in [-0.2, -0.15) is 13.2 Å². The van der Waals surface area contributed by atoms with Gasteiger partial charge in [0.25, 0.3) is 0 Å². The molecule has 1 rings (SSSR count). The van der Waals surface area contributed by atoms with E-state index >= 15 is 0 Å². The van der Waals surface area contributed by atoms with Gasteiger partial charge in [0.1, 0.15) is 6.61 Å². The summed E-state index contributed by atoms with van der Waals surface area (Å²) in [5.74, 6) is 0. The third kappa shape index (κ3) is 4.70. The molecule has 0 aromatic heterocycles. The fourth-order valence-electron chi connectivity index (χ4n) is 1.86. The molecule has 16 heavy (non-hydrogen) atoms. The summed E-state index contributed by atoms with van der Waals surface area (Å²) in [5.41, 5.74) is -0.516. The Morgan fingerprint density at radius 2 is 1.94 bits per heavy atom. The Kier molecular flexibility index (Phi) is 4.62. The van der Waals surface area contributed by atoms with Gasteiger partial charge in [-0.15, -0.1) is 0 Å². The molecule has 96 valence electrons. The maximum atomic E-state index is 12.1. The van der Waals surface area contributed by atoms with Crippen LogP contribution in [0.4, 0.5) is 13.2 Å². The van der Waals surface area contributed by atoms with E-state index in [0.29, 0.717) is 12.5 Å². The molecule has 1 fully saturated rings. The van der Waals surface area contributed by atoms with E-state index in [1.165, 1.54) is 0 Å². The lowest BCUT2D eigenvalue weighted by Gasteiger charge is -2.42. The second-order valence-corrected chi connectivity index (χ2v) is 4.80. The van der Waals surface area contributed by atoms with E-state index in [9.17, 15) is 13.2 Å². The van der Waals surface area contributed by atoms with E-state index in [1.54, 1.807) is 0 Å². The molecule has 0 aromatic rings. The quantitative estimate of drug-likeness (QED) is 0.769. The van der Waals surface area contributed by atoms with Crippen molar-refractivity contribution in [3.63, 3.8) is 0 Å². The monoisotopic (exact) mass is 239 g/mol. The zero-order valence-electron chi connectivity index (χ0n) is 9.86. The summed E-state index contributed by atoms with van der Waals surface area (Å²) in [4.78, 5) is 0. The third-order valence-corrected chi connectivity index (χ3v) is 2.94. The number of hydrogen-bond donors (Lipinski definition) is 1. The van der Waals surface area contributed by atoms with E-state index < -0.39 is 18.4 Å². The van der Waals surface area contributed by atoms with Crippen LogP contribution in [0, 0.1) is 0 Å². The molecule has 0 spiro atoms. The minimum Gasteiger partial charge on any atom is -0.366 e. The molecule has 0 atom stereocenters. The number of ether oxygens (including phenoxy) is 1. The minimum atomic E-state index is -4.21. The molecule has 1 aliphatic rings. The molecule has 0 heterocycles. The van der Waals surface area contributed by atoms with Crippen LogP contribution in [0.25, 0.3) is 0 Å². The van der Waals surface area contributed by atoms with Crippen LogP contribution in [0.3, 0.4) is 0 Å². The van der Waals surface area contributed by atoms with Gasteiger partial charge in [-0.25, -0.2) is 0 Å². The lowest BCUT2D eigenvalue weighted by Crippen LogP contribution is -2.45. The molecule has 1 N–H and O–H groups in total. The maximum Gasteiger partial charge on any atom is 0.411 e. The zero-order valence-corrected chi connectivity index (χ0v) is 9.86. The molecule has 0 radical (unpaired) electrons. The third-order valence-electron chi connectivity index (χ3n) is 2.94. The Morgan fingerprint density at radius 3 is 2.31 bits per heavy atom. The molecule has 0 aliphatic heterocycles. The van der Waals surface area contributed by atoms with Gasteiger partial charge in [0, 0.05) is 6.04 Å². The van der Waals surface area contributed by atoms with Crippen LogP contribution in [0.2, 0.25) is 0 Å². The van der Waals surface area contributed by atoms with Crippen LogP contribution in [-0.2, 0) is 4.74 Å². The van der Waals surface area contributed by atoms with E-state index in [4.69, 9.17) is 4.74 Å². The van der Waals surface area contributed by atoms with Crippen LogP contribution >= 0.6 is 0 Å². The summed E-state index contributed by atoms with van der Waals surface area (Å²) in [7, 11) is 0. The number of hydrogen-bond acceptors (Lipinski definition) is 2. The van der Waals surface area contributed by atoms with Gasteiger partial charge in [-0.1, -0.05) is 13.8 Å². The number of alkyl halides is 3. The van der Waals surface area contributed by atoms with E-state index in [0.717, 1.165) is 25.8 Å². The first-order chi connectivity index (χ1) is 7.33. The van der Waals surface area contributed by atoms with Crippen LogP contribution in [0.15, 0.2) is 0 Å². The summed E-state index contributed by atoms with van der Waals surface area (Å²) in [6, 6.07) is 0.361. The topological polar surface area (TPSA) is 21.3 Å². The standard InChI is InChI=1S/C11H20F3NO/c1-9(2)15-7-6-10(4-3-5-10)16-8-11(12,13)14/h9,15H,3-8H2,1-2H3. The second-order valence-electron chi connectivity index (χ2n) is 4.80. The average molecular weight is 239 g/mol. The fourth-order valence-corrected chi connectivity index (χ4v) is 1.86. The van der Waals surface area contributed by atoms with Gasteiger partial charge in [0.05, 0.1) is 5.60 Å². The molecule has 1 saturated carbocycles. The van der Waals surface area contributed by atoms with Crippen molar-refractivity contribution in [1.29, 1.82) is 0 Å². The fraction of sp³-hybridized carbons (Fsp3) is 1.00. The smallest absolute Gasteiger partial charge is 0.366 e. The molecular formula is C11H20F3NO. The van der Waals surface area contributed by atoms with Crippen molar-refractivity contribution in [2.75, 3.05) is 13.2 Å². The van der Waals surface area contributed by atoms with Crippen LogP contribution < -0.4 is 5.32 Å². The predicted octanol–water partition coefficient (Wildman–Crippen LogP) is 2.88. The van der Waals surface area contributed by atoms with Gasteiger partial charge in [-0.3, -0.25) is 0 Å². The largest absolute Gasteiger partial charge is 0.411 e. The highest BCUT2D eigenvalue weighted by atomic mass is 19.4. The summed E-state index contributed by atoms with van der Waals surface area (Å²) in [5, 5.41) is 3.21. The molecule has 0 saturated heterocycles. The van der Waals surface area contributed by atoms with Crippen molar-refractivity contribution in [2.45, 2.75) is 57.3 Å². The van der Waals surface area contributed by atoms with Crippen molar-refractivity contribution in [3.8, 4) is 0 Å². The lowest BCUT2D eigenvalue weighted by molar-refractivity contribution is -0.221. The molecule has 2 nitrogen and oxygen atoms in total. The molecule has 0 unspecified atom stereocenters. The van der Waals surface area contributed by atoms with E-state index in [2.05, 4.69) is 5.32 Å². The van der Waals surface area contributed by atoms with Gasteiger partial charge < -0.3 is 10.1 Å². The average Bonchev–Trinajstić information content (AvgIpc) is 2.05. The normalized spacial score (nSPS) is 19.9. The summed E-state index contributed by atoms with van der Waals surface area (Å²) in [6.45, 7) is 3.64. The van der Waals surface area contributed by atoms with Crippen molar-refractivity contribution in [3.05, 3.63) is 0 Å². The van der Waals surface area contributed by atoms with Gasteiger partial charge >= 0.3 is 6.18 Å². The molecule has 0 bridgehead atoms. The zero-order chi connectivity index (χ0) is 12.2. The Labute approximate surface area is 94.5 Å². The molecule has 0 amide bonds. The molecule has 5 heteroatoms. The summed E-state index contributed by atoms with van der Waals surface area (Å²) in [6.07, 6.45) is -1.07. The number of nitrogens with one attached hydrogen (secondary N) is 1. The Morgan fingerprint density at radius 1 is 1.31 bits per heavy atom. The van der Waals surface area contributed by atoms with Crippen molar-refractivity contribution < 1.29 is 17.9 Å². The highest BCUT2D eigenvalue weighted by molar-refractivity contribution is 4.90. The highest BCUT2D eigenvalue weighted by Crippen LogP contribution is 2.39. The first kappa shape index (κ1) is 13.8. The second kappa shape index (κ2) is 5.36. The minimum absolute atomic E-state index is 0.361. The first-order valence-electron chi connectivity index (χ1n) is 5.77. The van der Waals surface area contributed by atoms with Crippen LogP contribution in [-0.4, -0.2) is 31.0 Å². The highest BCUT2D eigenvalue weighted by Gasteiger charge is 2.41. The van der Waals surface area contributed by atoms with Gasteiger partial charge in [-0.05, 0) is 32.2 Å². The lowest BCUT2D eigenvalue weighted by atomic mass is 9.77. The Hall–Kier alpha value is -0.290. The Bertz CT molecular complexity index is 212. The summed E-state index contributed by atoms with van der Waals surface area (Å²) < 4.78 is 41.2. The van der Waals surface area contributed by atoms with Crippen molar-refractivity contribution >= 4 is 0 Å². The number of halogens is 3. The van der Waals surface area contributed by atoms with Gasteiger partial charge in [0.2, 0.25) is 0 Å². The predicted molar refractivity (Wildman–Crippen MR) is 56.3 cm³/mol. The molecule has 1 aliphatic carbocycles. The van der Waals surface area contributed by atoms with Crippen LogP contribution in [0.5, 0.6) is 0 Å². The first-order valence-corrected chi connectivity index (χ1v) is 5.77. The van der Waals surface area contributed by atoms with Crippen molar-refractivity contribution in [2.24, 2.45) is 0 Å². The van der Waals surface area contributed by atoms with Crippen molar-refractivity contribution in [1.82, 2.24) is 5.32 Å². The molecular weight excluding hydrogens is 219 g/mol. The van der Waals surface area contributed by atoms with Crippen LogP contribution in [0.1, 0.15) is 39.5 Å². The SMILES string of the molecule is CC(C)NCCC1(OCC(F)(F)F)CCC1. The number of rotatable bonds is 6. The van der Waals surface area contributed by atoms with E-state index in [1.807, 2.05) is 13.8 Å². The molecule has 0 aromatic carbocycles.